The molecule has 2 N–H and O–H groups in total. The van der Waals surface area contributed by atoms with Gasteiger partial charge in [-0.3, -0.25) is 9.69 Å². The average molecular weight is 363 g/mol. The molecule has 2 fully saturated rings. The topological polar surface area (TPSA) is 53.6 Å². The monoisotopic (exact) mass is 363 g/mol. The molecule has 1 amide bonds. The molecule has 3 rings (SSSR count). The lowest BCUT2D eigenvalue weighted by Gasteiger charge is -2.48. The van der Waals surface area contributed by atoms with Gasteiger partial charge in [0.2, 0.25) is 5.91 Å². The molecular weight excluding hydrogens is 333 g/mol. The van der Waals surface area contributed by atoms with Crippen molar-refractivity contribution in [3.63, 3.8) is 0 Å². The maximum Gasteiger partial charge on any atom is 0.241 e. The van der Waals surface area contributed by atoms with E-state index in [0.717, 1.165) is 32.8 Å². The number of nitrogens with one attached hydrogen (secondary N) is 2. The number of nitrogens with zero attached hydrogens (tertiary/aromatic N) is 1. The molecule has 0 radical (unpaired) electrons. The van der Waals surface area contributed by atoms with E-state index in [2.05, 4.69) is 15.5 Å². The van der Waals surface area contributed by atoms with Gasteiger partial charge in [-0.15, -0.1) is 0 Å². The van der Waals surface area contributed by atoms with Crippen LogP contribution < -0.4 is 10.6 Å². The molecule has 1 heterocycles. The van der Waals surface area contributed by atoms with Crippen LogP contribution in [0.1, 0.15) is 39.0 Å². The SMILES string of the molecule is C[C@H](NCC1(N2CCOCC2)CCCCC1)C(=O)Nc1ccc(F)cc1. The molecule has 1 aromatic rings. The summed E-state index contributed by atoms with van der Waals surface area (Å²) in [6.45, 7) is 6.22. The van der Waals surface area contributed by atoms with Crippen molar-refractivity contribution in [3.8, 4) is 0 Å². The van der Waals surface area contributed by atoms with E-state index in [0.29, 0.717) is 5.69 Å². The molecule has 1 aromatic carbocycles. The summed E-state index contributed by atoms with van der Waals surface area (Å²) in [7, 11) is 0. The predicted molar refractivity (Wildman–Crippen MR) is 101 cm³/mol. The van der Waals surface area contributed by atoms with Crippen LogP contribution in [0.3, 0.4) is 0 Å². The summed E-state index contributed by atoms with van der Waals surface area (Å²) in [4.78, 5) is 15.0. The van der Waals surface area contributed by atoms with Gasteiger partial charge in [0, 0.05) is 30.9 Å². The van der Waals surface area contributed by atoms with Gasteiger partial charge < -0.3 is 15.4 Å². The molecule has 5 nitrogen and oxygen atoms in total. The van der Waals surface area contributed by atoms with E-state index in [1.807, 2.05) is 6.92 Å². The van der Waals surface area contributed by atoms with Gasteiger partial charge >= 0.3 is 0 Å². The second-order valence-electron chi connectivity index (χ2n) is 7.48. The summed E-state index contributed by atoms with van der Waals surface area (Å²) in [5.74, 6) is -0.400. The number of hydrogen-bond acceptors (Lipinski definition) is 4. The predicted octanol–water partition coefficient (Wildman–Crippen LogP) is 2.78. The highest BCUT2D eigenvalue weighted by Crippen LogP contribution is 2.34. The van der Waals surface area contributed by atoms with Crippen molar-refractivity contribution in [1.82, 2.24) is 10.2 Å². The van der Waals surface area contributed by atoms with E-state index < -0.39 is 0 Å². The Morgan fingerprint density at radius 1 is 1.19 bits per heavy atom. The zero-order valence-electron chi connectivity index (χ0n) is 15.6. The molecule has 0 spiro atoms. The van der Waals surface area contributed by atoms with E-state index in [1.54, 1.807) is 12.1 Å². The summed E-state index contributed by atoms with van der Waals surface area (Å²) in [5, 5.41) is 6.30. The van der Waals surface area contributed by atoms with Crippen molar-refractivity contribution >= 4 is 11.6 Å². The molecule has 1 saturated heterocycles. The standard InChI is InChI=1S/C20H30FN3O2/c1-16(19(25)23-18-7-5-17(21)6-8-18)22-15-20(9-3-2-4-10-20)24-11-13-26-14-12-24/h5-8,16,22H,2-4,9-15H2,1H3,(H,23,25)/t16-/m0/s1. The maximum atomic E-state index is 13.0. The second kappa shape index (κ2) is 8.93. The van der Waals surface area contributed by atoms with Gasteiger partial charge in [0.15, 0.2) is 0 Å². The average Bonchev–Trinajstić information content (AvgIpc) is 2.69. The van der Waals surface area contributed by atoms with Gasteiger partial charge in [-0.1, -0.05) is 19.3 Å². The van der Waals surface area contributed by atoms with E-state index >= 15 is 0 Å². The molecule has 1 saturated carbocycles. The first-order valence-electron chi connectivity index (χ1n) is 9.72. The van der Waals surface area contributed by atoms with Crippen LogP contribution >= 0.6 is 0 Å². The van der Waals surface area contributed by atoms with Crippen LogP contribution in [0.25, 0.3) is 0 Å². The van der Waals surface area contributed by atoms with Gasteiger partial charge in [0.05, 0.1) is 19.3 Å². The van der Waals surface area contributed by atoms with Crippen molar-refractivity contribution in [2.75, 3.05) is 38.2 Å². The smallest absolute Gasteiger partial charge is 0.241 e. The summed E-state index contributed by atoms with van der Waals surface area (Å²) < 4.78 is 18.5. The molecule has 2 aliphatic rings. The van der Waals surface area contributed by atoms with Gasteiger partial charge in [-0.2, -0.15) is 0 Å². The molecular formula is C20H30FN3O2. The van der Waals surface area contributed by atoms with Gasteiger partial charge in [0.25, 0.3) is 0 Å². The zero-order valence-corrected chi connectivity index (χ0v) is 15.6. The number of rotatable bonds is 6. The van der Waals surface area contributed by atoms with Crippen LogP contribution in [-0.2, 0) is 9.53 Å². The lowest BCUT2D eigenvalue weighted by molar-refractivity contribution is -0.118. The molecule has 1 aliphatic carbocycles. The van der Waals surface area contributed by atoms with Gasteiger partial charge in [-0.25, -0.2) is 4.39 Å². The first-order chi connectivity index (χ1) is 12.6. The summed E-state index contributed by atoms with van der Waals surface area (Å²) in [6.07, 6.45) is 6.13. The van der Waals surface area contributed by atoms with Crippen molar-refractivity contribution in [2.24, 2.45) is 0 Å². The zero-order chi connectivity index (χ0) is 18.4. The second-order valence-corrected chi connectivity index (χ2v) is 7.48. The Morgan fingerprint density at radius 3 is 2.50 bits per heavy atom. The number of amides is 1. The Hall–Kier alpha value is -1.50. The third kappa shape index (κ3) is 4.81. The highest BCUT2D eigenvalue weighted by Gasteiger charge is 2.38. The lowest BCUT2D eigenvalue weighted by atomic mass is 9.79. The Labute approximate surface area is 155 Å². The van der Waals surface area contributed by atoms with E-state index in [4.69, 9.17) is 4.74 Å². The minimum atomic E-state index is -0.307. The number of halogens is 1. The third-order valence-corrected chi connectivity index (χ3v) is 5.71. The fourth-order valence-electron chi connectivity index (χ4n) is 4.07. The van der Waals surface area contributed by atoms with Crippen LogP contribution in [0.4, 0.5) is 10.1 Å². The van der Waals surface area contributed by atoms with E-state index in [1.165, 1.54) is 44.2 Å². The van der Waals surface area contributed by atoms with Crippen molar-refractivity contribution in [1.29, 1.82) is 0 Å². The van der Waals surface area contributed by atoms with Gasteiger partial charge in [0.1, 0.15) is 5.82 Å². The number of hydrogen-bond donors (Lipinski definition) is 2. The number of ether oxygens (including phenoxy) is 1. The minimum absolute atomic E-state index is 0.0930. The number of carbonyl (C=O) groups excluding carboxylic acids is 1. The molecule has 1 aliphatic heterocycles. The Balaban J connectivity index is 1.57. The van der Waals surface area contributed by atoms with Crippen molar-refractivity contribution in [3.05, 3.63) is 30.1 Å². The van der Waals surface area contributed by atoms with Gasteiger partial charge in [-0.05, 0) is 44.0 Å². The van der Waals surface area contributed by atoms with E-state index in [-0.39, 0.29) is 23.3 Å². The summed E-state index contributed by atoms with van der Waals surface area (Å²) >= 11 is 0. The maximum absolute atomic E-state index is 13.0. The lowest BCUT2D eigenvalue weighted by Crippen LogP contribution is -2.60. The normalized spacial score (nSPS) is 21.9. The van der Waals surface area contributed by atoms with Crippen LogP contribution in [0, 0.1) is 5.82 Å². The number of benzene rings is 1. The number of carbonyl (C=O) groups is 1. The minimum Gasteiger partial charge on any atom is -0.379 e. The molecule has 144 valence electrons. The number of anilines is 1. The fraction of sp³-hybridized carbons (Fsp3) is 0.650. The fourth-order valence-corrected chi connectivity index (χ4v) is 4.07. The summed E-state index contributed by atoms with van der Waals surface area (Å²) in [6, 6.07) is 5.55. The molecule has 1 atom stereocenters. The number of morpholine rings is 1. The van der Waals surface area contributed by atoms with Crippen LogP contribution in [0.15, 0.2) is 24.3 Å². The first kappa shape index (κ1) is 19.3. The Bertz CT molecular complexity index is 581. The van der Waals surface area contributed by atoms with E-state index in [9.17, 15) is 9.18 Å². The molecule has 0 bridgehead atoms. The third-order valence-electron chi connectivity index (χ3n) is 5.71. The Morgan fingerprint density at radius 2 is 1.85 bits per heavy atom. The summed E-state index contributed by atoms with van der Waals surface area (Å²) in [5.41, 5.74) is 0.748. The quantitative estimate of drug-likeness (QED) is 0.816. The molecule has 26 heavy (non-hydrogen) atoms. The largest absolute Gasteiger partial charge is 0.379 e. The highest BCUT2D eigenvalue weighted by atomic mass is 19.1. The molecule has 0 aromatic heterocycles. The van der Waals surface area contributed by atoms with Crippen molar-refractivity contribution < 1.29 is 13.9 Å². The Kier molecular flexibility index (Phi) is 6.62. The highest BCUT2D eigenvalue weighted by molar-refractivity contribution is 5.94. The van der Waals surface area contributed by atoms with Crippen molar-refractivity contribution in [2.45, 2.75) is 50.6 Å². The molecule has 0 unspecified atom stereocenters. The van der Waals surface area contributed by atoms with Crippen LogP contribution in [0.2, 0.25) is 0 Å². The van der Waals surface area contributed by atoms with Crippen LogP contribution in [0.5, 0.6) is 0 Å². The van der Waals surface area contributed by atoms with Crippen LogP contribution in [-0.4, -0.2) is 55.2 Å². The molecule has 6 heteroatoms. The first-order valence-corrected chi connectivity index (χ1v) is 9.72.